The zero-order chi connectivity index (χ0) is 13.8. The lowest BCUT2D eigenvalue weighted by molar-refractivity contribution is 0.0600. The molecular weight excluding hydrogens is 246 g/mol. The van der Waals surface area contributed by atoms with Crippen LogP contribution in [-0.4, -0.2) is 18.2 Å². The van der Waals surface area contributed by atoms with E-state index < -0.39 is 0 Å². The van der Waals surface area contributed by atoms with Crippen molar-refractivity contribution in [1.82, 2.24) is 5.16 Å². The van der Waals surface area contributed by atoms with Crippen molar-refractivity contribution in [3.63, 3.8) is 0 Å². The molecule has 1 atom stereocenters. The second-order valence-corrected chi connectivity index (χ2v) is 4.15. The van der Waals surface area contributed by atoms with Crippen LogP contribution in [0.1, 0.15) is 34.8 Å². The summed E-state index contributed by atoms with van der Waals surface area (Å²) >= 11 is 0. The third-order valence-electron chi connectivity index (χ3n) is 2.64. The number of rotatable bonds is 4. The number of benzene rings is 1. The smallest absolute Gasteiger partial charge is 0.337 e. The van der Waals surface area contributed by atoms with Crippen molar-refractivity contribution in [1.29, 1.82) is 0 Å². The minimum Gasteiger partial charge on any atom is -0.483 e. The van der Waals surface area contributed by atoms with Crippen molar-refractivity contribution < 1.29 is 18.8 Å². The van der Waals surface area contributed by atoms with Crippen molar-refractivity contribution in [2.75, 3.05) is 7.11 Å². The molecule has 2 rings (SSSR count). The lowest BCUT2D eigenvalue weighted by Gasteiger charge is -2.11. The molecule has 0 aliphatic rings. The topological polar surface area (TPSA) is 61.6 Å². The molecular formula is C14H15NO4. The first-order valence-corrected chi connectivity index (χ1v) is 5.88. The van der Waals surface area contributed by atoms with E-state index in [0.29, 0.717) is 17.1 Å². The van der Waals surface area contributed by atoms with E-state index in [1.165, 1.54) is 7.11 Å². The summed E-state index contributed by atoms with van der Waals surface area (Å²) in [6.07, 6.45) is -0.245. The maximum Gasteiger partial charge on any atom is 0.337 e. The summed E-state index contributed by atoms with van der Waals surface area (Å²) in [5.41, 5.74) is 1.30. The molecule has 1 aromatic heterocycles. The fourth-order valence-corrected chi connectivity index (χ4v) is 1.62. The largest absolute Gasteiger partial charge is 0.483 e. The Bertz CT molecular complexity index is 559. The SMILES string of the molecule is COC(=O)c1ccc(OC(C)c2cc(C)no2)cc1. The molecule has 1 heterocycles. The van der Waals surface area contributed by atoms with Gasteiger partial charge in [-0.05, 0) is 38.1 Å². The molecule has 0 saturated heterocycles. The molecule has 1 unspecified atom stereocenters. The van der Waals surface area contributed by atoms with Gasteiger partial charge in [0.2, 0.25) is 0 Å². The van der Waals surface area contributed by atoms with E-state index in [-0.39, 0.29) is 12.1 Å². The molecule has 0 amide bonds. The quantitative estimate of drug-likeness (QED) is 0.792. The Morgan fingerprint density at radius 3 is 2.53 bits per heavy atom. The van der Waals surface area contributed by atoms with Crippen molar-refractivity contribution in [3.8, 4) is 5.75 Å². The van der Waals surface area contributed by atoms with Crippen LogP contribution >= 0.6 is 0 Å². The predicted molar refractivity (Wildman–Crippen MR) is 68.1 cm³/mol. The van der Waals surface area contributed by atoms with Crippen LogP contribution in [-0.2, 0) is 4.74 Å². The zero-order valence-electron chi connectivity index (χ0n) is 11.0. The highest BCUT2D eigenvalue weighted by Gasteiger charge is 2.13. The Balaban J connectivity index is 2.05. The highest BCUT2D eigenvalue weighted by Crippen LogP contribution is 2.22. The Hall–Kier alpha value is -2.30. The summed E-state index contributed by atoms with van der Waals surface area (Å²) in [6.45, 7) is 3.72. The lowest BCUT2D eigenvalue weighted by atomic mass is 10.2. The summed E-state index contributed by atoms with van der Waals surface area (Å²) in [6, 6.07) is 8.56. The molecule has 0 radical (unpaired) electrons. The number of hydrogen-bond acceptors (Lipinski definition) is 5. The molecule has 5 heteroatoms. The van der Waals surface area contributed by atoms with Crippen molar-refractivity contribution >= 4 is 5.97 Å². The summed E-state index contributed by atoms with van der Waals surface area (Å²) in [5, 5.41) is 3.81. The third kappa shape index (κ3) is 3.13. The van der Waals surface area contributed by atoms with Gasteiger partial charge >= 0.3 is 5.97 Å². The number of esters is 1. The highest BCUT2D eigenvalue weighted by atomic mass is 16.5. The molecule has 0 saturated carbocycles. The van der Waals surface area contributed by atoms with Gasteiger partial charge in [0.1, 0.15) is 5.75 Å². The predicted octanol–water partition coefficient (Wildman–Crippen LogP) is 2.91. The van der Waals surface area contributed by atoms with Crippen LogP contribution in [0.3, 0.4) is 0 Å². The number of methoxy groups -OCH3 is 1. The van der Waals surface area contributed by atoms with Crippen LogP contribution in [0.25, 0.3) is 0 Å². The van der Waals surface area contributed by atoms with Crippen molar-refractivity contribution in [2.45, 2.75) is 20.0 Å². The molecule has 0 aliphatic heterocycles. The number of ether oxygens (including phenoxy) is 2. The van der Waals surface area contributed by atoms with E-state index in [4.69, 9.17) is 9.26 Å². The highest BCUT2D eigenvalue weighted by molar-refractivity contribution is 5.89. The van der Waals surface area contributed by atoms with Gasteiger partial charge in [0.15, 0.2) is 11.9 Å². The standard InChI is InChI=1S/C14H15NO4/c1-9-8-13(19-15-9)10(2)18-12-6-4-11(5-7-12)14(16)17-3/h4-8,10H,1-3H3. The number of aromatic nitrogens is 1. The molecule has 0 N–H and O–H groups in total. The van der Waals surface area contributed by atoms with Gasteiger partial charge in [0.05, 0.1) is 18.4 Å². The summed E-state index contributed by atoms with van der Waals surface area (Å²) in [5.74, 6) is 0.939. The molecule has 1 aromatic carbocycles. The third-order valence-corrected chi connectivity index (χ3v) is 2.64. The lowest BCUT2D eigenvalue weighted by Crippen LogP contribution is -2.03. The molecule has 5 nitrogen and oxygen atoms in total. The Morgan fingerprint density at radius 2 is 2.00 bits per heavy atom. The number of aryl methyl sites for hydroxylation is 1. The molecule has 2 aromatic rings. The van der Waals surface area contributed by atoms with Crippen LogP contribution in [0.5, 0.6) is 5.75 Å². The van der Waals surface area contributed by atoms with E-state index in [0.717, 1.165) is 5.69 Å². The normalized spacial score (nSPS) is 11.9. The summed E-state index contributed by atoms with van der Waals surface area (Å²) in [7, 11) is 1.35. The first-order valence-electron chi connectivity index (χ1n) is 5.88. The second kappa shape index (κ2) is 5.56. The Morgan fingerprint density at radius 1 is 1.32 bits per heavy atom. The van der Waals surface area contributed by atoms with Crippen LogP contribution < -0.4 is 4.74 Å². The molecule has 100 valence electrons. The van der Waals surface area contributed by atoms with Crippen molar-refractivity contribution in [3.05, 3.63) is 47.3 Å². The van der Waals surface area contributed by atoms with E-state index in [1.54, 1.807) is 24.3 Å². The summed E-state index contributed by atoms with van der Waals surface area (Å²) in [4.78, 5) is 11.3. The Kier molecular flexibility index (Phi) is 3.85. The van der Waals surface area contributed by atoms with Gasteiger partial charge in [-0.1, -0.05) is 5.16 Å². The monoisotopic (exact) mass is 261 g/mol. The van der Waals surface area contributed by atoms with Gasteiger partial charge < -0.3 is 14.0 Å². The fraction of sp³-hybridized carbons (Fsp3) is 0.286. The van der Waals surface area contributed by atoms with Gasteiger partial charge in [-0.3, -0.25) is 0 Å². The Labute approximate surface area is 111 Å². The van der Waals surface area contributed by atoms with Gasteiger partial charge in [-0.15, -0.1) is 0 Å². The first-order chi connectivity index (χ1) is 9.10. The molecule has 19 heavy (non-hydrogen) atoms. The number of carbonyl (C=O) groups excluding carboxylic acids is 1. The van der Waals surface area contributed by atoms with E-state index in [9.17, 15) is 4.79 Å². The van der Waals surface area contributed by atoms with Crippen LogP contribution in [0.15, 0.2) is 34.9 Å². The zero-order valence-corrected chi connectivity index (χ0v) is 11.0. The van der Waals surface area contributed by atoms with Gasteiger partial charge in [0, 0.05) is 6.07 Å². The number of carbonyl (C=O) groups is 1. The minimum atomic E-state index is -0.370. The number of nitrogens with zero attached hydrogens (tertiary/aromatic N) is 1. The molecule has 0 spiro atoms. The van der Waals surface area contributed by atoms with Gasteiger partial charge in [-0.2, -0.15) is 0 Å². The van der Waals surface area contributed by atoms with E-state index >= 15 is 0 Å². The van der Waals surface area contributed by atoms with Crippen molar-refractivity contribution in [2.24, 2.45) is 0 Å². The maximum atomic E-state index is 11.3. The van der Waals surface area contributed by atoms with Gasteiger partial charge in [-0.25, -0.2) is 4.79 Å². The minimum absolute atomic E-state index is 0.245. The van der Waals surface area contributed by atoms with Crippen LogP contribution in [0.4, 0.5) is 0 Å². The maximum absolute atomic E-state index is 11.3. The molecule has 0 aliphatic carbocycles. The van der Waals surface area contributed by atoms with E-state index in [1.807, 2.05) is 19.9 Å². The van der Waals surface area contributed by atoms with Crippen LogP contribution in [0, 0.1) is 6.92 Å². The van der Waals surface area contributed by atoms with E-state index in [2.05, 4.69) is 9.89 Å². The van der Waals surface area contributed by atoms with Crippen LogP contribution in [0.2, 0.25) is 0 Å². The average Bonchev–Trinajstić information content (AvgIpc) is 2.85. The fourth-order valence-electron chi connectivity index (χ4n) is 1.62. The summed E-state index contributed by atoms with van der Waals surface area (Å²) < 4.78 is 15.5. The van der Waals surface area contributed by atoms with Gasteiger partial charge in [0.25, 0.3) is 0 Å². The molecule has 0 bridgehead atoms. The number of hydrogen-bond donors (Lipinski definition) is 0. The average molecular weight is 261 g/mol. The second-order valence-electron chi connectivity index (χ2n) is 4.15. The molecule has 0 fully saturated rings. The first kappa shape index (κ1) is 13.1.